The fourth-order valence-electron chi connectivity index (χ4n) is 0.856. The number of nitrogen functional groups attached to an aromatic ring is 1. The molecule has 1 heterocycles. The van der Waals surface area contributed by atoms with E-state index in [1.54, 1.807) is 0 Å². The van der Waals surface area contributed by atoms with E-state index >= 15 is 0 Å². The third-order valence-corrected chi connectivity index (χ3v) is 3.21. The average Bonchev–Trinajstić information content (AvgIpc) is 2.36. The molecular weight excluding hydrogens is 182 g/mol. The molecule has 0 aliphatic carbocycles. The standard InChI is InChI=1S/C9H17N3S/c1-5(2)7(4)11-9-6(3)8(10)12-13-9/h5,7,11H,1-4H3,(H2,10,12). The molecule has 1 aromatic rings. The van der Waals surface area contributed by atoms with E-state index in [1.807, 2.05) is 6.92 Å². The van der Waals surface area contributed by atoms with Gasteiger partial charge in [-0.05, 0) is 31.3 Å². The van der Waals surface area contributed by atoms with Gasteiger partial charge in [0, 0.05) is 11.6 Å². The Kier molecular flexibility index (Phi) is 3.14. The van der Waals surface area contributed by atoms with Crippen molar-refractivity contribution in [1.29, 1.82) is 0 Å². The number of nitrogens with zero attached hydrogens (tertiary/aromatic N) is 1. The summed E-state index contributed by atoms with van der Waals surface area (Å²) in [5.41, 5.74) is 6.72. The summed E-state index contributed by atoms with van der Waals surface area (Å²) >= 11 is 1.44. The van der Waals surface area contributed by atoms with Crippen molar-refractivity contribution < 1.29 is 0 Å². The lowest BCUT2D eigenvalue weighted by molar-refractivity contribution is 0.561. The van der Waals surface area contributed by atoms with Gasteiger partial charge in [-0.2, -0.15) is 4.37 Å². The molecule has 3 nitrogen and oxygen atoms in total. The molecule has 3 N–H and O–H groups in total. The van der Waals surface area contributed by atoms with E-state index in [2.05, 4.69) is 30.5 Å². The first-order chi connectivity index (χ1) is 6.02. The largest absolute Gasteiger partial charge is 0.383 e. The van der Waals surface area contributed by atoms with Crippen molar-refractivity contribution in [2.75, 3.05) is 11.1 Å². The van der Waals surface area contributed by atoms with E-state index in [0.29, 0.717) is 17.8 Å². The topological polar surface area (TPSA) is 50.9 Å². The van der Waals surface area contributed by atoms with Crippen LogP contribution in [0, 0.1) is 12.8 Å². The Hall–Kier alpha value is -0.770. The van der Waals surface area contributed by atoms with Crippen LogP contribution in [0.5, 0.6) is 0 Å². The molecule has 0 aromatic carbocycles. The molecule has 0 aliphatic heterocycles. The molecule has 0 aliphatic rings. The first-order valence-corrected chi connectivity index (χ1v) is 5.28. The van der Waals surface area contributed by atoms with E-state index in [0.717, 1.165) is 10.6 Å². The summed E-state index contributed by atoms with van der Waals surface area (Å²) in [6.45, 7) is 8.54. The lowest BCUT2D eigenvalue weighted by atomic mass is 10.1. The molecule has 1 aromatic heterocycles. The Morgan fingerprint density at radius 3 is 2.38 bits per heavy atom. The van der Waals surface area contributed by atoms with Crippen LogP contribution < -0.4 is 11.1 Å². The van der Waals surface area contributed by atoms with Gasteiger partial charge >= 0.3 is 0 Å². The van der Waals surface area contributed by atoms with E-state index < -0.39 is 0 Å². The second-order valence-corrected chi connectivity index (χ2v) is 4.47. The molecule has 0 saturated carbocycles. The molecule has 0 saturated heterocycles. The van der Waals surface area contributed by atoms with Gasteiger partial charge < -0.3 is 11.1 Å². The van der Waals surface area contributed by atoms with Crippen molar-refractivity contribution in [2.24, 2.45) is 5.92 Å². The number of hydrogen-bond donors (Lipinski definition) is 2. The molecule has 0 bridgehead atoms. The van der Waals surface area contributed by atoms with Gasteiger partial charge in [0.15, 0.2) is 0 Å². The molecule has 0 amide bonds. The van der Waals surface area contributed by atoms with Crippen molar-refractivity contribution in [3.63, 3.8) is 0 Å². The monoisotopic (exact) mass is 199 g/mol. The number of rotatable bonds is 3. The Morgan fingerprint density at radius 1 is 1.38 bits per heavy atom. The third-order valence-electron chi connectivity index (χ3n) is 2.32. The highest BCUT2D eigenvalue weighted by Gasteiger charge is 2.11. The molecule has 1 atom stereocenters. The minimum absolute atomic E-state index is 0.457. The smallest absolute Gasteiger partial charge is 0.142 e. The summed E-state index contributed by atoms with van der Waals surface area (Å²) in [4.78, 5) is 0. The maximum absolute atomic E-state index is 5.65. The van der Waals surface area contributed by atoms with Gasteiger partial charge in [0.05, 0.1) is 0 Å². The maximum Gasteiger partial charge on any atom is 0.142 e. The van der Waals surface area contributed by atoms with E-state index in [-0.39, 0.29) is 0 Å². The number of nitrogens with two attached hydrogens (primary N) is 1. The highest BCUT2D eigenvalue weighted by molar-refractivity contribution is 7.10. The summed E-state index contributed by atoms with van der Waals surface area (Å²) in [5, 5.41) is 4.50. The maximum atomic E-state index is 5.65. The fourth-order valence-corrected chi connectivity index (χ4v) is 1.66. The van der Waals surface area contributed by atoms with Crippen molar-refractivity contribution >= 4 is 22.4 Å². The normalized spacial score (nSPS) is 13.3. The molecule has 1 unspecified atom stereocenters. The van der Waals surface area contributed by atoms with Gasteiger partial charge in [0.1, 0.15) is 10.8 Å². The number of aromatic nitrogens is 1. The van der Waals surface area contributed by atoms with Gasteiger partial charge in [-0.25, -0.2) is 0 Å². The first-order valence-electron chi connectivity index (χ1n) is 4.50. The minimum Gasteiger partial charge on any atom is -0.383 e. The lowest BCUT2D eigenvalue weighted by Gasteiger charge is -2.17. The van der Waals surface area contributed by atoms with Crippen LogP contribution in [0.1, 0.15) is 26.3 Å². The zero-order chi connectivity index (χ0) is 10.0. The van der Waals surface area contributed by atoms with E-state index in [4.69, 9.17) is 5.73 Å². The molecule has 4 heteroatoms. The lowest BCUT2D eigenvalue weighted by Crippen LogP contribution is -2.21. The Bertz CT molecular complexity index is 280. The Balaban J connectivity index is 2.69. The van der Waals surface area contributed by atoms with Crippen LogP contribution in [0.4, 0.5) is 10.8 Å². The van der Waals surface area contributed by atoms with Gasteiger partial charge in [0.25, 0.3) is 0 Å². The summed E-state index contributed by atoms with van der Waals surface area (Å²) in [7, 11) is 0. The van der Waals surface area contributed by atoms with E-state index in [1.165, 1.54) is 11.5 Å². The third kappa shape index (κ3) is 2.34. The number of nitrogens with one attached hydrogen (secondary N) is 1. The average molecular weight is 199 g/mol. The second kappa shape index (κ2) is 3.96. The van der Waals surface area contributed by atoms with Gasteiger partial charge in [-0.3, -0.25) is 0 Å². The second-order valence-electron chi connectivity index (χ2n) is 3.70. The predicted molar refractivity (Wildman–Crippen MR) is 59.2 cm³/mol. The quantitative estimate of drug-likeness (QED) is 0.786. The van der Waals surface area contributed by atoms with Crippen molar-refractivity contribution in [3.05, 3.63) is 5.56 Å². The van der Waals surface area contributed by atoms with Crippen LogP contribution in [0.15, 0.2) is 0 Å². The molecular formula is C9H17N3S. The zero-order valence-electron chi connectivity index (χ0n) is 8.59. The van der Waals surface area contributed by atoms with E-state index in [9.17, 15) is 0 Å². The Labute approximate surface area is 83.5 Å². The number of anilines is 2. The molecule has 0 spiro atoms. The minimum atomic E-state index is 0.457. The molecule has 74 valence electrons. The van der Waals surface area contributed by atoms with Gasteiger partial charge in [-0.1, -0.05) is 13.8 Å². The first kappa shape index (κ1) is 10.3. The Morgan fingerprint density at radius 2 is 2.00 bits per heavy atom. The van der Waals surface area contributed by atoms with Crippen molar-refractivity contribution in [3.8, 4) is 0 Å². The summed E-state index contributed by atoms with van der Waals surface area (Å²) < 4.78 is 4.09. The molecule has 0 fully saturated rings. The highest BCUT2D eigenvalue weighted by atomic mass is 32.1. The van der Waals surface area contributed by atoms with Crippen LogP contribution in [0.25, 0.3) is 0 Å². The molecule has 13 heavy (non-hydrogen) atoms. The fraction of sp³-hybridized carbons (Fsp3) is 0.667. The molecule has 0 radical (unpaired) electrons. The summed E-state index contributed by atoms with van der Waals surface area (Å²) in [6.07, 6.45) is 0. The van der Waals surface area contributed by atoms with Gasteiger partial charge in [-0.15, -0.1) is 0 Å². The van der Waals surface area contributed by atoms with Crippen LogP contribution in [0.2, 0.25) is 0 Å². The van der Waals surface area contributed by atoms with Crippen molar-refractivity contribution in [2.45, 2.75) is 33.7 Å². The number of hydrogen-bond acceptors (Lipinski definition) is 4. The SMILES string of the molecule is Cc1c(N)nsc1NC(C)C(C)C. The summed E-state index contributed by atoms with van der Waals surface area (Å²) in [6, 6.07) is 0.457. The van der Waals surface area contributed by atoms with Crippen LogP contribution >= 0.6 is 11.5 Å². The molecule has 1 rings (SSSR count). The summed E-state index contributed by atoms with van der Waals surface area (Å²) in [5.74, 6) is 1.26. The van der Waals surface area contributed by atoms with Gasteiger partial charge in [0.2, 0.25) is 0 Å². The van der Waals surface area contributed by atoms with Crippen LogP contribution in [-0.2, 0) is 0 Å². The highest BCUT2D eigenvalue weighted by Crippen LogP contribution is 2.26. The zero-order valence-corrected chi connectivity index (χ0v) is 9.40. The van der Waals surface area contributed by atoms with Crippen LogP contribution in [0.3, 0.4) is 0 Å². The van der Waals surface area contributed by atoms with Crippen molar-refractivity contribution in [1.82, 2.24) is 4.37 Å². The van der Waals surface area contributed by atoms with Crippen LogP contribution in [-0.4, -0.2) is 10.4 Å². The predicted octanol–water partition coefficient (Wildman–Crippen LogP) is 2.49.